The number of carbonyl (C=O) groups excluding carboxylic acids is 2. The third-order valence-corrected chi connectivity index (χ3v) is 4.08. The summed E-state index contributed by atoms with van der Waals surface area (Å²) < 4.78 is 6.68. The highest BCUT2D eigenvalue weighted by atomic mass is 16.5. The Morgan fingerprint density at radius 1 is 1.07 bits per heavy atom. The number of methoxy groups -OCH3 is 1. The fourth-order valence-corrected chi connectivity index (χ4v) is 2.94. The summed E-state index contributed by atoms with van der Waals surface area (Å²) in [6.07, 6.45) is 0. The van der Waals surface area contributed by atoms with Gasteiger partial charge in [-0.25, -0.2) is 4.98 Å². The molecule has 27 heavy (non-hydrogen) atoms. The van der Waals surface area contributed by atoms with Crippen molar-refractivity contribution in [2.45, 2.75) is 19.5 Å². The van der Waals surface area contributed by atoms with Gasteiger partial charge in [0.2, 0.25) is 11.8 Å². The van der Waals surface area contributed by atoms with Gasteiger partial charge in [-0.3, -0.25) is 9.59 Å². The minimum Gasteiger partial charge on any atom is -0.375 e. The molecule has 1 aromatic heterocycles. The van der Waals surface area contributed by atoms with E-state index in [0.29, 0.717) is 5.82 Å². The molecule has 0 aliphatic rings. The van der Waals surface area contributed by atoms with Gasteiger partial charge in [0.05, 0.1) is 17.1 Å². The molecular weight excluding hydrogens is 344 g/mol. The summed E-state index contributed by atoms with van der Waals surface area (Å²) in [6.45, 7) is 1.90. The highest BCUT2D eigenvalue weighted by Gasteiger charge is 2.20. The van der Waals surface area contributed by atoms with E-state index in [1.165, 1.54) is 7.11 Å². The van der Waals surface area contributed by atoms with Crippen LogP contribution in [0.4, 0.5) is 5.69 Å². The van der Waals surface area contributed by atoms with E-state index >= 15 is 0 Å². The number of nitrogens with one attached hydrogen (secondary N) is 2. The average molecular weight is 366 g/mol. The van der Waals surface area contributed by atoms with Gasteiger partial charge in [0, 0.05) is 12.8 Å². The van der Waals surface area contributed by atoms with Gasteiger partial charge in [0.15, 0.2) is 0 Å². The smallest absolute Gasteiger partial charge is 0.246 e. The summed E-state index contributed by atoms with van der Waals surface area (Å²) in [5.41, 5.74) is 2.34. The summed E-state index contributed by atoms with van der Waals surface area (Å²) in [5, 5.41) is 5.72. The minimum atomic E-state index is -0.371. The molecule has 0 saturated carbocycles. The summed E-state index contributed by atoms with van der Waals surface area (Å²) in [7, 11) is 1.47. The topological polar surface area (TPSA) is 85.2 Å². The van der Waals surface area contributed by atoms with Crippen LogP contribution in [-0.2, 0) is 20.9 Å². The number of aromatic nitrogens is 2. The predicted octanol–water partition coefficient (Wildman–Crippen LogP) is 2.50. The summed E-state index contributed by atoms with van der Waals surface area (Å²) in [4.78, 5) is 29.0. The second-order valence-corrected chi connectivity index (χ2v) is 6.18. The molecule has 140 valence electrons. The van der Waals surface area contributed by atoms with Crippen LogP contribution >= 0.6 is 0 Å². The molecule has 0 saturated heterocycles. The van der Waals surface area contributed by atoms with Crippen LogP contribution in [0.2, 0.25) is 0 Å². The molecule has 3 rings (SSSR count). The maximum Gasteiger partial charge on any atom is 0.246 e. The number of carbonyl (C=O) groups is 2. The van der Waals surface area contributed by atoms with Crippen LogP contribution in [0, 0.1) is 0 Å². The summed E-state index contributed by atoms with van der Waals surface area (Å²) in [6, 6.07) is 16.5. The normalized spacial score (nSPS) is 11.9. The SMILES string of the molecule is COCC(=O)NC(C)c1nc2ccccc2n1CC(=O)Nc1ccccc1. The third-order valence-electron chi connectivity index (χ3n) is 4.08. The third kappa shape index (κ3) is 4.51. The van der Waals surface area contributed by atoms with Crippen LogP contribution in [0.15, 0.2) is 54.6 Å². The number of imidazole rings is 1. The lowest BCUT2D eigenvalue weighted by atomic mass is 10.3. The molecular formula is C20H22N4O3. The average Bonchev–Trinajstić information content (AvgIpc) is 3.01. The molecule has 0 spiro atoms. The summed E-state index contributed by atoms with van der Waals surface area (Å²) in [5.74, 6) is 0.210. The van der Waals surface area contributed by atoms with Gasteiger partial charge in [0.25, 0.3) is 0 Å². The number of hydrogen-bond donors (Lipinski definition) is 2. The van der Waals surface area contributed by atoms with Crippen LogP contribution < -0.4 is 10.6 Å². The maximum absolute atomic E-state index is 12.6. The molecule has 2 N–H and O–H groups in total. The molecule has 0 fully saturated rings. The van der Waals surface area contributed by atoms with Crippen molar-refractivity contribution in [1.82, 2.24) is 14.9 Å². The first-order valence-electron chi connectivity index (χ1n) is 8.67. The van der Waals surface area contributed by atoms with Gasteiger partial charge >= 0.3 is 0 Å². The van der Waals surface area contributed by atoms with Gasteiger partial charge in [-0.05, 0) is 31.2 Å². The first kappa shape index (κ1) is 18.6. The Hall–Kier alpha value is -3.19. The second kappa shape index (κ2) is 8.46. The Balaban J connectivity index is 1.86. The van der Waals surface area contributed by atoms with Gasteiger partial charge in [-0.2, -0.15) is 0 Å². The Kier molecular flexibility index (Phi) is 5.83. The molecule has 2 amide bonds. The molecule has 0 aliphatic heterocycles. The maximum atomic E-state index is 12.6. The zero-order valence-corrected chi connectivity index (χ0v) is 15.3. The van der Waals surface area contributed by atoms with Crippen molar-refractivity contribution in [2.75, 3.05) is 19.0 Å². The van der Waals surface area contributed by atoms with Crippen LogP contribution in [-0.4, -0.2) is 35.1 Å². The molecule has 1 atom stereocenters. The zero-order valence-electron chi connectivity index (χ0n) is 15.3. The second-order valence-electron chi connectivity index (χ2n) is 6.18. The zero-order chi connectivity index (χ0) is 19.2. The van der Waals surface area contributed by atoms with Crippen LogP contribution in [0.5, 0.6) is 0 Å². The predicted molar refractivity (Wildman–Crippen MR) is 103 cm³/mol. The summed E-state index contributed by atoms with van der Waals surface area (Å²) >= 11 is 0. The van der Waals surface area contributed by atoms with E-state index in [0.717, 1.165) is 16.7 Å². The van der Waals surface area contributed by atoms with Gasteiger partial charge in [-0.15, -0.1) is 0 Å². The van der Waals surface area contributed by atoms with E-state index in [9.17, 15) is 9.59 Å². The van der Waals surface area contributed by atoms with Crippen molar-refractivity contribution in [3.63, 3.8) is 0 Å². The minimum absolute atomic E-state index is 0.0287. The first-order chi connectivity index (χ1) is 13.1. The Bertz CT molecular complexity index is 937. The molecule has 3 aromatic rings. The molecule has 7 nitrogen and oxygen atoms in total. The van der Waals surface area contributed by atoms with Crippen molar-refractivity contribution in [3.8, 4) is 0 Å². The van der Waals surface area contributed by atoms with E-state index in [4.69, 9.17) is 4.74 Å². The van der Waals surface area contributed by atoms with Gasteiger partial charge < -0.3 is 19.9 Å². The van der Waals surface area contributed by atoms with Crippen molar-refractivity contribution in [2.24, 2.45) is 0 Å². The largest absolute Gasteiger partial charge is 0.375 e. The van der Waals surface area contributed by atoms with Crippen LogP contribution in [0.1, 0.15) is 18.8 Å². The first-order valence-corrected chi connectivity index (χ1v) is 8.67. The van der Waals surface area contributed by atoms with Crippen molar-refractivity contribution in [3.05, 3.63) is 60.4 Å². The van der Waals surface area contributed by atoms with Gasteiger partial charge in [0.1, 0.15) is 19.0 Å². The number of hydrogen-bond acceptors (Lipinski definition) is 4. The fraction of sp³-hybridized carbons (Fsp3) is 0.250. The number of para-hydroxylation sites is 3. The number of rotatable bonds is 7. The van der Waals surface area contributed by atoms with Crippen LogP contribution in [0.3, 0.4) is 0 Å². The highest BCUT2D eigenvalue weighted by molar-refractivity contribution is 5.91. The quantitative estimate of drug-likeness (QED) is 0.673. The van der Waals surface area contributed by atoms with Crippen LogP contribution in [0.25, 0.3) is 11.0 Å². The molecule has 1 unspecified atom stereocenters. The van der Waals surface area contributed by atoms with E-state index in [-0.39, 0.29) is 31.0 Å². The lowest BCUT2D eigenvalue weighted by Gasteiger charge is -2.16. The molecule has 0 radical (unpaired) electrons. The molecule has 0 aliphatic carbocycles. The van der Waals surface area contributed by atoms with E-state index in [2.05, 4.69) is 15.6 Å². The number of anilines is 1. The van der Waals surface area contributed by atoms with Crippen molar-refractivity contribution >= 4 is 28.5 Å². The van der Waals surface area contributed by atoms with E-state index in [1.807, 2.05) is 66.1 Å². The Labute approximate surface area is 157 Å². The Morgan fingerprint density at radius 3 is 2.52 bits per heavy atom. The molecule has 1 heterocycles. The molecule has 0 bridgehead atoms. The van der Waals surface area contributed by atoms with Gasteiger partial charge in [-0.1, -0.05) is 30.3 Å². The van der Waals surface area contributed by atoms with Crippen molar-refractivity contribution < 1.29 is 14.3 Å². The van der Waals surface area contributed by atoms with E-state index < -0.39 is 0 Å². The fourth-order valence-electron chi connectivity index (χ4n) is 2.94. The number of nitrogens with zero attached hydrogens (tertiary/aromatic N) is 2. The highest BCUT2D eigenvalue weighted by Crippen LogP contribution is 2.21. The monoisotopic (exact) mass is 366 g/mol. The standard InChI is InChI=1S/C20H22N4O3/c1-14(21-19(26)13-27-2)20-23-16-10-6-7-11-17(16)24(20)12-18(25)22-15-8-4-3-5-9-15/h3-11,14H,12-13H2,1-2H3,(H,21,26)(H,22,25). The Morgan fingerprint density at radius 2 is 1.78 bits per heavy atom. The van der Waals surface area contributed by atoms with E-state index in [1.54, 1.807) is 0 Å². The molecule has 7 heteroatoms. The lowest BCUT2D eigenvalue weighted by Crippen LogP contribution is -2.32. The number of fused-ring (bicyclic) bond motifs is 1. The number of benzene rings is 2. The number of ether oxygens (including phenoxy) is 1. The van der Waals surface area contributed by atoms with Crippen molar-refractivity contribution in [1.29, 1.82) is 0 Å². The molecule has 2 aromatic carbocycles. The lowest BCUT2D eigenvalue weighted by molar-refractivity contribution is -0.125. The number of amides is 2.